The zero-order valence-electron chi connectivity index (χ0n) is 12.4. The lowest BCUT2D eigenvalue weighted by molar-refractivity contribution is -0.117. The van der Waals surface area contributed by atoms with E-state index in [1.54, 1.807) is 4.90 Å². The maximum absolute atomic E-state index is 12.3. The Morgan fingerprint density at radius 1 is 1.43 bits per heavy atom. The standard InChI is InChI=1S/C16H20N4O/c1-3-12-10-18-16(19(12)2)14-8-11-6-4-5-7-13(11)20(14)15(21)9-17/h4-7,10,14H,3,8-9,17H2,1-2H3. The number of nitrogens with two attached hydrogens (primary N) is 1. The molecule has 1 aromatic carbocycles. The lowest BCUT2D eigenvalue weighted by Crippen LogP contribution is -2.37. The van der Waals surface area contributed by atoms with Crippen molar-refractivity contribution in [1.82, 2.24) is 9.55 Å². The van der Waals surface area contributed by atoms with Crippen LogP contribution in [0.3, 0.4) is 0 Å². The van der Waals surface area contributed by atoms with Gasteiger partial charge in [-0.3, -0.25) is 4.79 Å². The number of carbonyl (C=O) groups excluding carboxylic acids is 1. The van der Waals surface area contributed by atoms with Crippen LogP contribution in [0.1, 0.15) is 30.0 Å². The van der Waals surface area contributed by atoms with Crippen molar-refractivity contribution in [3.63, 3.8) is 0 Å². The van der Waals surface area contributed by atoms with E-state index in [0.717, 1.165) is 24.4 Å². The fraction of sp³-hybridized carbons (Fsp3) is 0.375. The van der Waals surface area contributed by atoms with E-state index in [-0.39, 0.29) is 18.5 Å². The molecule has 1 unspecified atom stereocenters. The molecule has 1 aromatic heterocycles. The van der Waals surface area contributed by atoms with Crippen molar-refractivity contribution in [2.45, 2.75) is 25.8 Å². The third-order valence-electron chi connectivity index (χ3n) is 4.20. The number of hydrogen-bond acceptors (Lipinski definition) is 3. The van der Waals surface area contributed by atoms with E-state index in [1.807, 2.05) is 31.4 Å². The van der Waals surface area contributed by atoms with Crippen LogP contribution in [-0.4, -0.2) is 22.0 Å². The van der Waals surface area contributed by atoms with Gasteiger partial charge in [-0.05, 0) is 18.1 Å². The van der Waals surface area contributed by atoms with Crippen molar-refractivity contribution in [3.8, 4) is 0 Å². The van der Waals surface area contributed by atoms with Gasteiger partial charge in [0.25, 0.3) is 0 Å². The van der Waals surface area contributed by atoms with E-state index in [4.69, 9.17) is 5.73 Å². The number of hydrogen-bond donors (Lipinski definition) is 1. The molecule has 0 fully saturated rings. The Bertz CT molecular complexity index is 677. The second-order valence-electron chi connectivity index (χ2n) is 5.34. The number of imidazole rings is 1. The number of anilines is 1. The molecule has 21 heavy (non-hydrogen) atoms. The first-order chi connectivity index (χ1) is 10.2. The topological polar surface area (TPSA) is 64.2 Å². The van der Waals surface area contributed by atoms with Gasteiger partial charge in [0.2, 0.25) is 5.91 Å². The van der Waals surface area contributed by atoms with Crippen molar-refractivity contribution in [3.05, 3.63) is 47.5 Å². The summed E-state index contributed by atoms with van der Waals surface area (Å²) < 4.78 is 2.09. The van der Waals surface area contributed by atoms with Gasteiger partial charge in [-0.1, -0.05) is 25.1 Å². The second-order valence-corrected chi connectivity index (χ2v) is 5.34. The molecule has 3 rings (SSSR count). The van der Waals surface area contributed by atoms with Gasteiger partial charge in [0.05, 0.1) is 12.6 Å². The second kappa shape index (κ2) is 5.33. The summed E-state index contributed by atoms with van der Waals surface area (Å²) in [4.78, 5) is 18.7. The molecule has 1 atom stereocenters. The highest BCUT2D eigenvalue weighted by Gasteiger charge is 2.36. The van der Waals surface area contributed by atoms with Crippen molar-refractivity contribution in [1.29, 1.82) is 0 Å². The van der Waals surface area contributed by atoms with Crippen LogP contribution in [0.5, 0.6) is 0 Å². The number of nitrogens with zero attached hydrogens (tertiary/aromatic N) is 3. The zero-order valence-corrected chi connectivity index (χ0v) is 12.4. The number of para-hydroxylation sites is 1. The molecule has 110 valence electrons. The molecule has 1 aliphatic rings. The number of benzene rings is 1. The molecule has 0 aliphatic carbocycles. The van der Waals surface area contributed by atoms with Crippen LogP contribution in [0.2, 0.25) is 0 Å². The first kappa shape index (κ1) is 13.8. The Morgan fingerprint density at radius 2 is 2.19 bits per heavy atom. The fourth-order valence-corrected chi connectivity index (χ4v) is 3.10. The summed E-state index contributed by atoms with van der Waals surface area (Å²) in [7, 11) is 2.01. The summed E-state index contributed by atoms with van der Waals surface area (Å²) in [5.41, 5.74) is 8.90. The number of fused-ring (bicyclic) bond motifs is 1. The third kappa shape index (κ3) is 2.14. The molecule has 1 amide bonds. The number of amides is 1. The Morgan fingerprint density at radius 3 is 2.86 bits per heavy atom. The van der Waals surface area contributed by atoms with Crippen LogP contribution in [0.15, 0.2) is 30.5 Å². The minimum Gasteiger partial charge on any atom is -0.333 e. The molecule has 5 heteroatoms. The van der Waals surface area contributed by atoms with E-state index in [1.165, 1.54) is 11.3 Å². The van der Waals surface area contributed by atoms with Gasteiger partial charge < -0.3 is 15.2 Å². The molecule has 1 aliphatic heterocycles. The van der Waals surface area contributed by atoms with Crippen molar-refractivity contribution >= 4 is 11.6 Å². The van der Waals surface area contributed by atoms with Gasteiger partial charge in [-0.25, -0.2) is 4.98 Å². The molecule has 0 spiro atoms. The quantitative estimate of drug-likeness (QED) is 0.930. The Kier molecular flexibility index (Phi) is 3.51. The van der Waals surface area contributed by atoms with Crippen LogP contribution in [0.4, 0.5) is 5.69 Å². The van der Waals surface area contributed by atoms with E-state index < -0.39 is 0 Å². The average molecular weight is 284 g/mol. The summed E-state index contributed by atoms with van der Waals surface area (Å²) >= 11 is 0. The Labute approximate surface area is 124 Å². The molecule has 0 radical (unpaired) electrons. The van der Waals surface area contributed by atoms with Gasteiger partial charge in [-0.15, -0.1) is 0 Å². The van der Waals surface area contributed by atoms with E-state index in [2.05, 4.69) is 22.5 Å². The lowest BCUT2D eigenvalue weighted by atomic mass is 10.1. The largest absolute Gasteiger partial charge is 0.333 e. The van der Waals surface area contributed by atoms with Crippen LogP contribution in [0, 0.1) is 0 Å². The molecule has 0 saturated heterocycles. The van der Waals surface area contributed by atoms with Crippen molar-refractivity contribution in [2.75, 3.05) is 11.4 Å². The third-order valence-corrected chi connectivity index (χ3v) is 4.20. The monoisotopic (exact) mass is 284 g/mol. The minimum atomic E-state index is -0.0660. The molecule has 2 aromatic rings. The molecule has 5 nitrogen and oxygen atoms in total. The molecule has 2 heterocycles. The molecular formula is C16H20N4O. The predicted octanol–water partition coefficient (Wildman–Crippen LogP) is 1.57. The lowest BCUT2D eigenvalue weighted by Gasteiger charge is -2.25. The first-order valence-electron chi connectivity index (χ1n) is 7.27. The molecular weight excluding hydrogens is 264 g/mol. The molecule has 0 saturated carbocycles. The van der Waals surface area contributed by atoms with Gasteiger partial charge in [0.1, 0.15) is 5.82 Å². The van der Waals surface area contributed by atoms with Gasteiger partial charge in [0, 0.05) is 31.0 Å². The van der Waals surface area contributed by atoms with Crippen LogP contribution in [-0.2, 0) is 24.7 Å². The number of rotatable bonds is 3. The highest BCUT2D eigenvalue weighted by Crippen LogP contribution is 2.39. The summed E-state index contributed by atoms with van der Waals surface area (Å²) in [6, 6.07) is 7.93. The highest BCUT2D eigenvalue weighted by molar-refractivity contribution is 5.97. The normalized spacial score (nSPS) is 17.1. The Balaban J connectivity index is 2.06. The van der Waals surface area contributed by atoms with Gasteiger partial charge in [-0.2, -0.15) is 0 Å². The van der Waals surface area contributed by atoms with Gasteiger partial charge in [0.15, 0.2) is 0 Å². The summed E-state index contributed by atoms with van der Waals surface area (Å²) in [6.45, 7) is 2.11. The van der Waals surface area contributed by atoms with E-state index >= 15 is 0 Å². The van der Waals surface area contributed by atoms with Crippen molar-refractivity contribution in [2.24, 2.45) is 12.8 Å². The number of aryl methyl sites for hydroxylation is 1. The SMILES string of the molecule is CCc1cnc(C2Cc3ccccc3N2C(=O)CN)n1C. The maximum atomic E-state index is 12.3. The van der Waals surface area contributed by atoms with Gasteiger partial charge >= 0.3 is 0 Å². The molecule has 0 bridgehead atoms. The highest BCUT2D eigenvalue weighted by atomic mass is 16.2. The van der Waals surface area contributed by atoms with Crippen LogP contribution < -0.4 is 10.6 Å². The average Bonchev–Trinajstić information content (AvgIpc) is 3.06. The summed E-state index contributed by atoms with van der Waals surface area (Å²) in [5, 5.41) is 0. The van der Waals surface area contributed by atoms with E-state index in [0.29, 0.717) is 0 Å². The van der Waals surface area contributed by atoms with Crippen LogP contribution in [0.25, 0.3) is 0 Å². The zero-order chi connectivity index (χ0) is 15.0. The van der Waals surface area contributed by atoms with E-state index in [9.17, 15) is 4.79 Å². The van der Waals surface area contributed by atoms with Crippen LogP contribution >= 0.6 is 0 Å². The number of aromatic nitrogens is 2. The fourth-order valence-electron chi connectivity index (χ4n) is 3.10. The maximum Gasteiger partial charge on any atom is 0.241 e. The molecule has 2 N–H and O–H groups in total. The smallest absolute Gasteiger partial charge is 0.241 e. The van der Waals surface area contributed by atoms with Crippen molar-refractivity contribution < 1.29 is 4.79 Å². The minimum absolute atomic E-state index is 0.00981. The first-order valence-corrected chi connectivity index (χ1v) is 7.27. The summed E-state index contributed by atoms with van der Waals surface area (Å²) in [5.74, 6) is 0.857. The predicted molar refractivity (Wildman–Crippen MR) is 82.0 cm³/mol. The number of carbonyl (C=O) groups is 1. The summed E-state index contributed by atoms with van der Waals surface area (Å²) in [6.07, 6.45) is 3.60. The Hall–Kier alpha value is -2.14.